The molecule has 110 valence electrons. The summed E-state index contributed by atoms with van der Waals surface area (Å²) in [5.74, 6) is 0.538. The molecule has 0 heterocycles. The van der Waals surface area contributed by atoms with Crippen molar-refractivity contribution in [3.63, 3.8) is 0 Å². The fourth-order valence-corrected chi connectivity index (χ4v) is 1.98. The fourth-order valence-electron chi connectivity index (χ4n) is 1.98. The number of aliphatic hydroxyl groups is 1. The van der Waals surface area contributed by atoms with Gasteiger partial charge in [0.15, 0.2) is 0 Å². The monoisotopic (exact) mass is 288 g/mol. The molecule has 0 radical (unpaired) electrons. The second-order valence-corrected chi connectivity index (χ2v) is 4.31. The molecule has 6 heteroatoms. The summed E-state index contributed by atoms with van der Waals surface area (Å²) in [6.45, 7) is 2.23. The molecule has 2 aromatic rings. The third kappa shape index (κ3) is 3.29. The van der Waals surface area contributed by atoms with Crippen LogP contribution in [0, 0.1) is 10.1 Å². The van der Waals surface area contributed by atoms with Gasteiger partial charge in [0.1, 0.15) is 11.4 Å². The topological polar surface area (TPSA) is 84.6 Å². The van der Waals surface area contributed by atoms with Gasteiger partial charge in [-0.05, 0) is 25.1 Å². The number of nitrogens with one attached hydrogen (secondary N) is 1. The maximum Gasteiger partial charge on any atom is 0.334 e. The lowest BCUT2D eigenvalue weighted by molar-refractivity contribution is -0.384. The summed E-state index contributed by atoms with van der Waals surface area (Å²) < 4.78 is 5.64. The Labute approximate surface area is 122 Å². The van der Waals surface area contributed by atoms with Crippen LogP contribution in [-0.2, 0) is 6.61 Å². The van der Waals surface area contributed by atoms with E-state index in [1.54, 1.807) is 36.4 Å². The zero-order valence-corrected chi connectivity index (χ0v) is 11.6. The summed E-state index contributed by atoms with van der Waals surface area (Å²) in [6, 6.07) is 11.7. The minimum atomic E-state index is -0.477. The summed E-state index contributed by atoms with van der Waals surface area (Å²) >= 11 is 0. The molecule has 0 bridgehead atoms. The molecule has 0 amide bonds. The lowest BCUT2D eigenvalue weighted by Gasteiger charge is -2.12. The summed E-state index contributed by atoms with van der Waals surface area (Å²) in [6.07, 6.45) is 0. The summed E-state index contributed by atoms with van der Waals surface area (Å²) in [7, 11) is 0. The molecule has 0 atom stereocenters. The van der Waals surface area contributed by atoms with E-state index in [9.17, 15) is 15.2 Å². The Balaban J connectivity index is 2.44. The van der Waals surface area contributed by atoms with Crippen LogP contribution in [0.4, 0.5) is 11.4 Å². The van der Waals surface area contributed by atoms with Crippen LogP contribution >= 0.6 is 0 Å². The van der Waals surface area contributed by atoms with Crippen molar-refractivity contribution in [3.05, 3.63) is 58.1 Å². The normalized spacial score (nSPS) is 10.2. The number of benzene rings is 2. The molecule has 0 unspecified atom stereocenters. The largest absolute Gasteiger partial charge is 0.450 e. The molecule has 2 N–H and O–H groups in total. The Bertz CT molecular complexity index is 643. The average Bonchev–Trinajstić information content (AvgIpc) is 2.48. The first-order chi connectivity index (χ1) is 10.2. The Morgan fingerprint density at radius 2 is 1.90 bits per heavy atom. The second kappa shape index (κ2) is 6.71. The highest BCUT2D eigenvalue weighted by Gasteiger charge is 2.21. The van der Waals surface area contributed by atoms with Gasteiger partial charge in [-0.1, -0.05) is 24.3 Å². The van der Waals surface area contributed by atoms with Crippen LogP contribution in [0.2, 0.25) is 0 Å². The van der Waals surface area contributed by atoms with Gasteiger partial charge in [-0.2, -0.15) is 0 Å². The summed E-state index contributed by atoms with van der Waals surface area (Å²) in [5.41, 5.74) is 0.856. The number of anilines is 1. The van der Waals surface area contributed by atoms with Crippen molar-refractivity contribution >= 4 is 11.4 Å². The zero-order valence-electron chi connectivity index (χ0n) is 11.6. The molecular weight excluding hydrogens is 272 g/mol. The molecule has 0 aliphatic carbocycles. The number of ether oxygens (including phenoxy) is 1. The van der Waals surface area contributed by atoms with Gasteiger partial charge in [-0.15, -0.1) is 0 Å². The van der Waals surface area contributed by atoms with E-state index in [1.165, 1.54) is 6.07 Å². The predicted octanol–water partition coefficient (Wildman–Crippen LogP) is 3.31. The molecule has 0 spiro atoms. The standard InChI is InChI=1S/C15H16N2O4/c1-2-16-12-7-5-9-14(15(12)17(19)20)21-13-8-4-3-6-11(13)10-18/h3-9,16,18H,2,10H2,1H3. The van der Waals surface area contributed by atoms with E-state index in [0.717, 1.165) is 0 Å². The molecule has 0 saturated heterocycles. The van der Waals surface area contributed by atoms with E-state index in [2.05, 4.69) is 5.32 Å². The van der Waals surface area contributed by atoms with Crippen molar-refractivity contribution < 1.29 is 14.8 Å². The summed E-state index contributed by atoms with van der Waals surface area (Å²) in [5, 5.41) is 23.5. The summed E-state index contributed by atoms with van der Waals surface area (Å²) in [4.78, 5) is 10.8. The van der Waals surface area contributed by atoms with Crippen molar-refractivity contribution in [2.24, 2.45) is 0 Å². The number of hydrogen-bond donors (Lipinski definition) is 2. The SMILES string of the molecule is CCNc1cccc(Oc2ccccc2CO)c1[N+](=O)[O-]. The zero-order chi connectivity index (χ0) is 15.2. The van der Waals surface area contributed by atoms with Gasteiger partial charge >= 0.3 is 5.69 Å². The molecule has 0 saturated carbocycles. The van der Waals surface area contributed by atoms with Gasteiger partial charge in [0.05, 0.1) is 11.5 Å². The number of nitrogens with zero attached hydrogens (tertiary/aromatic N) is 1. The van der Waals surface area contributed by atoms with Crippen LogP contribution in [-0.4, -0.2) is 16.6 Å². The van der Waals surface area contributed by atoms with Crippen molar-refractivity contribution in [1.82, 2.24) is 0 Å². The van der Waals surface area contributed by atoms with E-state index in [1.807, 2.05) is 6.92 Å². The lowest BCUT2D eigenvalue weighted by atomic mass is 10.2. The average molecular weight is 288 g/mol. The van der Waals surface area contributed by atoms with Crippen LogP contribution in [0.3, 0.4) is 0 Å². The van der Waals surface area contributed by atoms with E-state index >= 15 is 0 Å². The number of para-hydroxylation sites is 2. The Morgan fingerprint density at radius 3 is 2.57 bits per heavy atom. The minimum absolute atomic E-state index is 0.118. The maximum atomic E-state index is 11.3. The van der Waals surface area contributed by atoms with Crippen LogP contribution in [0.25, 0.3) is 0 Å². The number of nitro groups is 1. The number of aliphatic hydroxyl groups excluding tert-OH is 1. The number of rotatable bonds is 6. The predicted molar refractivity (Wildman–Crippen MR) is 79.7 cm³/mol. The van der Waals surface area contributed by atoms with Gasteiger partial charge in [0.2, 0.25) is 5.75 Å². The molecule has 6 nitrogen and oxygen atoms in total. The quantitative estimate of drug-likeness (QED) is 0.629. The Kier molecular flexibility index (Phi) is 4.73. The number of hydrogen-bond acceptors (Lipinski definition) is 5. The fraction of sp³-hybridized carbons (Fsp3) is 0.200. The van der Waals surface area contributed by atoms with Crippen LogP contribution < -0.4 is 10.1 Å². The van der Waals surface area contributed by atoms with Gasteiger partial charge < -0.3 is 15.2 Å². The molecule has 0 aromatic heterocycles. The van der Waals surface area contributed by atoms with Crippen LogP contribution in [0.15, 0.2) is 42.5 Å². The second-order valence-electron chi connectivity index (χ2n) is 4.31. The van der Waals surface area contributed by atoms with E-state index in [-0.39, 0.29) is 18.0 Å². The van der Waals surface area contributed by atoms with Gasteiger partial charge in [-0.3, -0.25) is 10.1 Å². The molecule has 2 aromatic carbocycles. The molecule has 0 aliphatic heterocycles. The Morgan fingerprint density at radius 1 is 1.19 bits per heavy atom. The highest BCUT2D eigenvalue weighted by atomic mass is 16.6. The van der Waals surface area contributed by atoms with Crippen LogP contribution in [0.5, 0.6) is 11.5 Å². The van der Waals surface area contributed by atoms with Gasteiger partial charge in [0, 0.05) is 12.1 Å². The van der Waals surface area contributed by atoms with Crippen molar-refractivity contribution in [2.45, 2.75) is 13.5 Å². The molecule has 0 fully saturated rings. The highest BCUT2D eigenvalue weighted by Crippen LogP contribution is 2.38. The third-order valence-corrected chi connectivity index (χ3v) is 2.91. The van der Waals surface area contributed by atoms with Crippen molar-refractivity contribution in [2.75, 3.05) is 11.9 Å². The van der Waals surface area contributed by atoms with Gasteiger partial charge in [-0.25, -0.2) is 0 Å². The van der Waals surface area contributed by atoms with E-state index in [4.69, 9.17) is 4.74 Å². The lowest BCUT2D eigenvalue weighted by Crippen LogP contribution is -2.03. The molecule has 0 aliphatic rings. The van der Waals surface area contributed by atoms with Crippen molar-refractivity contribution in [1.29, 1.82) is 0 Å². The number of nitro benzene ring substituents is 1. The smallest absolute Gasteiger partial charge is 0.334 e. The van der Waals surface area contributed by atoms with Crippen LogP contribution in [0.1, 0.15) is 12.5 Å². The highest BCUT2D eigenvalue weighted by molar-refractivity contribution is 5.69. The Hall–Kier alpha value is -2.60. The third-order valence-electron chi connectivity index (χ3n) is 2.91. The van der Waals surface area contributed by atoms with Crippen molar-refractivity contribution in [3.8, 4) is 11.5 Å². The molecular formula is C15H16N2O4. The minimum Gasteiger partial charge on any atom is -0.450 e. The first-order valence-corrected chi connectivity index (χ1v) is 6.55. The van der Waals surface area contributed by atoms with Gasteiger partial charge in [0.25, 0.3) is 0 Å². The first-order valence-electron chi connectivity index (χ1n) is 6.55. The molecule has 21 heavy (non-hydrogen) atoms. The van der Waals surface area contributed by atoms with E-state index in [0.29, 0.717) is 23.5 Å². The first kappa shape index (κ1) is 14.8. The maximum absolute atomic E-state index is 11.3. The molecule has 2 rings (SSSR count). The van der Waals surface area contributed by atoms with E-state index < -0.39 is 4.92 Å².